The summed E-state index contributed by atoms with van der Waals surface area (Å²) in [5, 5.41) is 14.1. The fourth-order valence-corrected chi connectivity index (χ4v) is 2.38. The van der Waals surface area contributed by atoms with Crippen molar-refractivity contribution in [3.63, 3.8) is 0 Å². The molecule has 1 amide bonds. The highest BCUT2D eigenvalue weighted by atomic mass is 35.5. The number of hydrogen-bond donors (Lipinski definition) is 3. The van der Waals surface area contributed by atoms with Gasteiger partial charge in [0.1, 0.15) is 0 Å². The maximum atomic E-state index is 12.0. The summed E-state index contributed by atoms with van der Waals surface area (Å²) in [6.45, 7) is 0. The number of thiocarbonyl (C=S) groups is 1. The Balaban J connectivity index is 1.94. The van der Waals surface area contributed by atoms with Crippen LogP contribution in [0.3, 0.4) is 0 Å². The minimum absolute atomic E-state index is 0.0499. The quantitative estimate of drug-likeness (QED) is 0.425. The Bertz CT molecular complexity index is 816. The number of carbonyl (C=O) groups is 1. The average molecular weight is 385 g/mol. The predicted molar refractivity (Wildman–Crippen MR) is 96.4 cm³/mol. The van der Waals surface area contributed by atoms with Gasteiger partial charge in [0, 0.05) is 22.8 Å². The van der Waals surface area contributed by atoms with Gasteiger partial charge in [0.2, 0.25) is 0 Å². The van der Waals surface area contributed by atoms with Crippen LogP contribution in [-0.4, -0.2) is 15.9 Å². The molecule has 2 aromatic rings. The van der Waals surface area contributed by atoms with Crippen LogP contribution >= 0.6 is 35.4 Å². The smallest absolute Gasteiger partial charge is 0.271 e. The first-order valence-electron chi connectivity index (χ1n) is 6.43. The standard InChI is InChI=1S/C14H10Cl2N4O3S/c15-8-4-5-11(12(16)6-8)13(21)18-19-14(24)17-9-2-1-3-10(7-9)20(22)23/h1-7H,(H,18,21)(H2,17,19,24). The van der Waals surface area contributed by atoms with Crippen molar-refractivity contribution in [2.24, 2.45) is 0 Å². The molecule has 3 N–H and O–H groups in total. The Morgan fingerprint density at radius 3 is 2.54 bits per heavy atom. The Morgan fingerprint density at radius 2 is 1.88 bits per heavy atom. The van der Waals surface area contributed by atoms with E-state index in [4.69, 9.17) is 35.4 Å². The van der Waals surface area contributed by atoms with Gasteiger partial charge < -0.3 is 5.32 Å². The van der Waals surface area contributed by atoms with Gasteiger partial charge in [-0.1, -0.05) is 29.3 Å². The molecule has 10 heteroatoms. The van der Waals surface area contributed by atoms with Gasteiger partial charge in [-0.2, -0.15) is 0 Å². The fourth-order valence-electron chi connectivity index (χ4n) is 1.71. The molecule has 124 valence electrons. The highest BCUT2D eigenvalue weighted by Gasteiger charge is 2.11. The van der Waals surface area contributed by atoms with Crippen LogP contribution in [-0.2, 0) is 0 Å². The molecule has 24 heavy (non-hydrogen) atoms. The second-order valence-corrected chi connectivity index (χ2v) is 5.72. The lowest BCUT2D eigenvalue weighted by atomic mass is 10.2. The first-order chi connectivity index (χ1) is 11.4. The summed E-state index contributed by atoms with van der Waals surface area (Å²) >= 11 is 16.7. The van der Waals surface area contributed by atoms with Crippen LogP contribution in [0, 0.1) is 10.1 Å². The van der Waals surface area contributed by atoms with Crippen LogP contribution in [0.25, 0.3) is 0 Å². The number of amides is 1. The molecule has 0 atom stereocenters. The summed E-state index contributed by atoms with van der Waals surface area (Å²) in [7, 11) is 0. The number of nitro benzene ring substituents is 1. The van der Waals surface area contributed by atoms with Crippen molar-refractivity contribution in [1.29, 1.82) is 0 Å². The summed E-state index contributed by atoms with van der Waals surface area (Å²) in [5.41, 5.74) is 5.38. The zero-order valence-electron chi connectivity index (χ0n) is 11.9. The maximum Gasteiger partial charge on any atom is 0.271 e. The van der Waals surface area contributed by atoms with E-state index in [0.29, 0.717) is 10.7 Å². The van der Waals surface area contributed by atoms with Crippen LogP contribution < -0.4 is 16.2 Å². The molecule has 2 rings (SSSR count). The predicted octanol–water partition coefficient (Wildman–Crippen LogP) is 3.53. The molecule has 2 aromatic carbocycles. The third kappa shape index (κ3) is 4.79. The normalized spacial score (nSPS) is 9.92. The van der Waals surface area contributed by atoms with E-state index in [9.17, 15) is 14.9 Å². The van der Waals surface area contributed by atoms with Crippen molar-refractivity contribution in [3.05, 3.63) is 68.2 Å². The molecule has 0 aliphatic carbocycles. The highest BCUT2D eigenvalue weighted by Crippen LogP contribution is 2.20. The van der Waals surface area contributed by atoms with Gasteiger partial charge in [-0.25, -0.2) is 0 Å². The van der Waals surface area contributed by atoms with Gasteiger partial charge >= 0.3 is 0 Å². The summed E-state index contributed by atoms with van der Waals surface area (Å²) in [6.07, 6.45) is 0. The van der Waals surface area contributed by atoms with Crippen molar-refractivity contribution in [2.45, 2.75) is 0 Å². The molecule has 0 unspecified atom stereocenters. The first-order valence-corrected chi connectivity index (χ1v) is 7.60. The molecule has 0 bridgehead atoms. The molecule has 0 fully saturated rings. The van der Waals surface area contributed by atoms with Crippen molar-refractivity contribution in [2.75, 3.05) is 5.32 Å². The topological polar surface area (TPSA) is 96.3 Å². The number of anilines is 1. The van der Waals surface area contributed by atoms with Gasteiger partial charge in [-0.15, -0.1) is 0 Å². The van der Waals surface area contributed by atoms with Crippen LogP contribution in [0.15, 0.2) is 42.5 Å². The third-order valence-electron chi connectivity index (χ3n) is 2.78. The van der Waals surface area contributed by atoms with Gasteiger partial charge in [0.25, 0.3) is 11.6 Å². The molecule has 0 aliphatic heterocycles. The first kappa shape index (κ1) is 17.9. The van der Waals surface area contributed by atoms with E-state index in [2.05, 4.69) is 16.2 Å². The molecule has 0 aliphatic rings. The van der Waals surface area contributed by atoms with Gasteiger partial charge in [-0.05, 0) is 36.5 Å². The number of benzene rings is 2. The summed E-state index contributed by atoms with van der Waals surface area (Å²) < 4.78 is 0. The maximum absolute atomic E-state index is 12.0. The van der Waals surface area contributed by atoms with Gasteiger partial charge in [0.15, 0.2) is 5.11 Å². The van der Waals surface area contributed by atoms with Gasteiger partial charge in [-0.3, -0.25) is 25.8 Å². The summed E-state index contributed by atoms with van der Waals surface area (Å²) in [6, 6.07) is 10.2. The zero-order valence-corrected chi connectivity index (χ0v) is 14.2. The molecule has 0 radical (unpaired) electrons. The molecular formula is C14H10Cl2N4O3S. The summed E-state index contributed by atoms with van der Waals surface area (Å²) in [5.74, 6) is -0.514. The molecule has 7 nitrogen and oxygen atoms in total. The van der Waals surface area contributed by atoms with E-state index in [1.165, 1.54) is 36.4 Å². The van der Waals surface area contributed by atoms with Crippen LogP contribution in [0.5, 0.6) is 0 Å². The number of halogens is 2. The lowest BCUT2D eigenvalue weighted by molar-refractivity contribution is -0.384. The Labute approximate surface area is 152 Å². The SMILES string of the molecule is O=C(NNC(=S)Nc1cccc([N+](=O)[O-])c1)c1ccc(Cl)cc1Cl. The number of nitro groups is 1. The highest BCUT2D eigenvalue weighted by molar-refractivity contribution is 7.80. The van der Waals surface area contributed by atoms with Gasteiger partial charge in [0.05, 0.1) is 15.5 Å². The number of hydrazine groups is 1. The number of non-ortho nitro benzene ring substituents is 1. The van der Waals surface area contributed by atoms with E-state index < -0.39 is 10.8 Å². The number of hydrogen-bond acceptors (Lipinski definition) is 4. The minimum Gasteiger partial charge on any atom is -0.331 e. The van der Waals surface area contributed by atoms with E-state index in [1.807, 2.05) is 0 Å². The van der Waals surface area contributed by atoms with Crippen molar-refractivity contribution in [1.82, 2.24) is 10.9 Å². The molecular weight excluding hydrogens is 375 g/mol. The monoisotopic (exact) mass is 384 g/mol. The summed E-state index contributed by atoms with van der Waals surface area (Å²) in [4.78, 5) is 22.2. The molecule has 0 spiro atoms. The Kier molecular flexibility index (Phi) is 5.91. The van der Waals surface area contributed by atoms with Crippen molar-refractivity contribution < 1.29 is 9.72 Å². The van der Waals surface area contributed by atoms with Crippen LogP contribution in [0.4, 0.5) is 11.4 Å². The van der Waals surface area contributed by atoms with Crippen LogP contribution in [0.1, 0.15) is 10.4 Å². The van der Waals surface area contributed by atoms with Crippen molar-refractivity contribution >= 4 is 57.8 Å². The van der Waals surface area contributed by atoms with Crippen molar-refractivity contribution in [3.8, 4) is 0 Å². The number of carbonyl (C=O) groups excluding carboxylic acids is 1. The zero-order chi connectivity index (χ0) is 17.7. The largest absolute Gasteiger partial charge is 0.331 e. The Morgan fingerprint density at radius 1 is 1.12 bits per heavy atom. The lowest BCUT2D eigenvalue weighted by Gasteiger charge is -2.12. The van der Waals surface area contributed by atoms with E-state index in [-0.39, 0.29) is 21.4 Å². The Hall–Kier alpha value is -2.42. The van der Waals surface area contributed by atoms with E-state index >= 15 is 0 Å². The molecule has 0 aromatic heterocycles. The number of nitrogens with one attached hydrogen (secondary N) is 3. The third-order valence-corrected chi connectivity index (χ3v) is 3.53. The average Bonchev–Trinajstić information content (AvgIpc) is 2.53. The molecule has 0 saturated heterocycles. The van der Waals surface area contributed by atoms with Crippen LogP contribution in [0.2, 0.25) is 10.0 Å². The van der Waals surface area contributed by atoms with E-state index in [0.717, 1.165) is 0 Å². The van der Waals surface area contributed by atoms with E-state index in [1.54, 1.807) is 6.07 Å². The molecule has 0 saturated carbocycles. The fraction of sp³-hybridized carbons (Fsp3) is 0. The number of rotatable bonds is 3. The number of nitrogens with zero attached hydrogens (tertiary/aromatic N) is 1. The lowest BCUT2D eigenvalue weighted by Crippen LogP contribution is -2.43. The molecule has 0 heterocycles. The second kappa shape index (κ2) is 7.91. The second-order valence-electron chi connectivity index (χ2n) is 4.46. The minimum atomic E-state index is -0.522.